The fourth-order valence-electron chi connectivity index (χ4n) is 1.93. The van der Waals surface area contributed by atoms with E-state index >= 15 is 0 Å². The van der Waals surface area contributed by atoms with Crippen LogP contribution in [0.2, 0.25) is 0 Å². The topological polar surface area (TPSA) is 101 Å². The van der Waals surface area contributed by atoms with E-state index in [-0.39, 0.29) is 12.0 Å². The summed E-state index contributed by atoms with van der Waals surface area (Å²) in [5, 5.41) is 18.4. The maximum absolute atomic E-state index is 13.8. The molecule has 1 aliphatic carbocycles. The van der Waals surface area contributed by atoms with Gasteiger partial charge in [0.15, 0.2) is 11.6 Å². The van der Waals surface area contributed by atoms with Crippen molar-refractivity contribution >= 4 is 5.82 Å². The second kappa shape index (κ2) is 4.46. The number of nitrogens with zero attached hydrogens (tertiary/aromatic N) is 2. The predicted octanol–water partition coefficient (Wildman–Crippen LogP) is -0.514. The van der Waals surface area contributed by atoms with E-state index < -0.39 is 41.9 Å². The van der Waals surface area contributed by atoms with Crippen LogP contribution < -0.4 is 11.4 Å². The molecule has 6 nitrogen and oxygen atoms in total. The number of nitrogens with two attached hydrogens (primary N) is 1. The van der Waals surface area contributed by atoms with Gasteiger partial charge in [-0.05, 0) is 0 Å². The van der Waals surface area contributed by atoms with E-state index in [1.54, 1.807) is 0 Å². The van der Waals surface area contributed by atoms with Crippen molar-refractivity contribution in [1.29, 1.82) is 0 Å². The summed E-state index contributed by atoms with van der Waals surface area (Å²) in [5.74, 6) is -2.37. The van der Waals surface area contributed by atoms with Crippen molar-refractivity contribution in [1.82, 2.24) is 9.55 Å². The summed E-state index contributed by atoms with van der Waals surface area (Å²) in [4.78, 5) is 14.7. The standard InChI is InChI=1S/C10H11F2N3O3/c11-5-2-15(10(18)14-9(5)13)6-1-7(17)4(3-16)8(6)12/h2,6-7,16-17H,1,3H2,(H2,13,14,18)/t6-,7-/m0/s1. The van der Waals surface area contributed by atoms with Crippen LogP contribution in [0.1, 0.15) is 12.5 Å². The summed E-state index contributed by atoms with van der Waals surface area (Å²) in [7, 11) is 0. The Morgan fingerprint density at radius 3 is 2.78 bits per heavy atom. The van der Waals surface area contributed by atoms with E-state index in [0.29, 0.717) is 4.57 Å². The molecule has 0 aromatic carbocycles. The van der Waals surface area contributed by atoms with Gasteiger partial charge in [0.2, 0.25) is 0 Å². The minimum atomic E-state index is -1.20. The molecule has 1 heterocycles. The number of hydrogen-bond acceptors (Lipinski definition) is 5. The summed E-state index contributed by atoms with van der Waals surface area (Å²) in [6, 6.07) is -1.17. The van der Waals surface area contributed by atoms with Gasteiger partial charge in [0.25, 0.3) is 0 Å². The van der Waals surface area contributed by atoms with Crippen LogP contribution in [0.4, 0.5) is 14.6 Å². The first kappa shape index (κ1) is 12.7. The zero-order chi connectivity index (χ0) is 13.4. The van der Waals surface area contributed by atoms with E-state index in [1.807, 2.05) is 0 Å². The summed E-state index contributed by atoms with van der Waals surface area (Å²) in [5.41, 5.74) is 3.99. The first-order valence-electron chi connectivity index (χ1n) is 5.17. The van der Waals surface area contributed by atoms with Gasteiger partial charge < -0.3 is 15.9 Å². The number of aromatic nitrogens is 2. The molecule has 8 heteroatoms. The molecule has 0 bridgehead atoms. The Bertz CT molecular complexity index is 570. The Morgan fingerprint density at radius 1 is 1.56 bits per heavy atom. The first-order valence-corrected chi connectivity index (χ1v) is 5.17. The molecule has 2 rings (SSSR count). The zero-order valence-electron chi connectivity index (χ0n) is 9.18. The summed E-state index contributed by atoms with van der Waals surface area (Å²) >= 11 is 0. The van der Waals surface area contributed by atoms with Crippen LogP contribution >= 0.6 is 0 Å². The third kappa shape index (κ3) is 1.89. The lowest BCUT2D eigenvalue weighted by molar-refractivity contribution is 0.181. The molecule has 0 fully saturated rings. The molecule has 18 heavy (non-hydrogen) atoms. The SMILES string of the molecule is Nc1nc(=O)n([C@H]2C[C@H](O)C(CO)=C2F)cc1F. The van der Waals surface area contributed by atoms with Gasteiger partial charge in [-0.2, -0.15) is 4.98 Å². The normalized spacial score (nSPS) is 23.8. The van der Waals surface area contributed by atoms with E-state index in [2.05, 4.69) is 4.98 Å². The highest BCUT2D eigenvalue weighted by molar-refractivity contribution is 5.29. The van der Waals surface area contributed by atoms with Gasteiger partial charge in [-0.15, -0.1) is 0 Å². The fourth-order valence-corrected chi connectivity index (χ4v) is 1.93. The number of nitrogen functional groups attached to an aromatic ring is 1. The monoisotopic (exact) mass is 259 g/mol. The summed E-state index contributed by atoms with van der Waals surface area (Å²) in [6.07, 6.45) is -0.623. The number of aliphatic hydroxyl groups is 2. The van der Waals surface area contributed by atoms with E-state index in [1.165, 1.54) is 0 Å². The lowest BCUT2D eigenvalue weighted by atomic mass is 10.2. The van der Waals surface area contributed by atoms with Crippen molar-refractivity contribution in [3.05, 3.63) is 33.9 Å². The Morgan fingerprint density at radius 2 is 2.22 bits per heavy atom. The second-order valence-electron chi connectivity index (χ2n) is 3.96. The second-order valence-corrected chi connectivity index (χ2v) is 3.96. The van der Waals surface area contributed by atoms with Crippen molar-refractivity contribution in [3.8, 4) is 0 Å². The van der Waals surface area contributed by atoms with Gasteiger partial charge >= 0.3 is 5.69 Å². The lowest BCUT2D eigenvalue weighted by Gasteiger charge is -2.13. The van der Waals surface area contributed by atoms with Gasteiger partial charge in [-0.1, -0.05) is 0 Å². The Balaban J connectivity index is 2.49. The zero-order valence-corrected chi connectivity index (χ0v) is 9.18. The Kier molecular flexibility index (Phi) is 3.14. The van der Waals surface area contributed by atoms with Crippen LogP contribution in [0.3, 0.4) is 0 Å². The van der Waals surface area contributed by atoms with Crippen LogP contribution in [-0.2, 0) is 0 Å². The van der Waals surface area contributed by atoms with Gasteiger partial charge in [-0.3, -0.25) is 4.57 Å². The average molecular weight is 259 g/mol. The maximum Gasteiger partial charge on any atom is 0.350 e. The van der Waals surface area contributed by atoms with Crippen molar-refractivity contribution in [2.75, 3.05) is 12.3 Å². The van der Waals surface area contributed by atoms with Gasteiger partial charge in [0, 0.05) is 18.2 Å². The van der Waals surface area contributed by atoms with Crippen LogP contribution in [0.15, 0.2) is 22.4 Å². The third-order valence-electron chi connectivity index (χ3n) is 2.89. The van der Waals surface area contributed by atoms with E-state index in [4.69, 9.17) is 10.8 Å². The lowest BCUT2D eigenvalue weighted by Crippen LogP contribution is -2.28. The average Bonchev–Trinajstić information content (AvgIpc) is 2.59. The van der Waals surface area contributed by atoms with Gasteiger partial charge in [0.05, 0.1) is 18.8 Å². The highest BCUT2D eigenvalue weighted by Gasteiger charge is 2.34. The highest BCUT2D eigenvalue weighted by Crippen LogP contribution is 2.35. The molecule has 1 aliphatic rings. The highest BCUT2D eigenvalue weighted by atomic mass is 19.1. The van der Waals surface area contributed by atoms with Gasteiger partial charge in [0.1, 0.15) is 5.83 Å². The molecular formula is C10H11F2N3O3. The van der Waals surface area contributed by atoms with E-state index in [9.17, 15) is 18.7 Å². The fraction of sp³-hybridized carbons (Fsp3) is 0.400. The molecule has 0 amide bonds. The molecule has 98 valence electrons. The molecule has 0 saturated heterocycles. The molecular weight excluding hydrogens is 248 g/mol. The van der Waals surface area contributed by atoms with Crippen molar-refractivity contribution in [2.45, 2.75) is 18.6 Å². The summed E-state index contributed by atoms with van der Waals surface area (Å²) in [6.45, 7) is -0.664. The molecule has 0 radical (unpaired) electrons. The quantitative estimate of drug-likeness (QED) is 0.663. The molecule has 0 unspecified atom stereocenters. The van der Waals surface area contributed by atoms with E-state index in [0.717, 1.165) is 6.20 Å². The minimum absolute atomic E-state index is 0.160. The largest absolute Gasteiger partial charge is 0.392 e. The molecule has 2 atom stereocenters. The molecule has 0 spiro atoms. The molecule has 1 aromatic rings. The summed E-state index contributed by atoms with van der Waals surface area (Å²) < 4.78 is 27.8. The Hall–Kier alpha value is -1.80. The van der Waals surface area contributed by atoms with Crippen molar-refractivity contribution in [3.63, 3.8) is 0 Å². The van der Waals surface area contributed by atoms with Crippen LogP contribution in [-0.4, -0.2) is 32.5 Å². The van der Waals surface area contributed by atoms with Crippen LogP contribution in [0.25, 0.3) is 0 Å². The number of anilines is 1. The molecule has 0 aliphatic heterocycles. The van der Waals surface area contributed by atoms with Crippen LogP contribution in [0.5, 0.6) is 0 Å². The third-order valence-corrected chi connectivity index (χ3v) is 2.89. The number of halogens is 2. The van der Waals surface area contributed by atoms with Crippen molar-refractivity contribution in [2.24, 2.45) is 0 Å². The predicted molar refractivity (Wildman–Crippen MR) is 57.7 cm³/mol. The van der Waals surface area contributed by atoms with Gasteiger partial charge in [-0.25, -0.2) is 13.6 Å². The van der Waals surface area contributed by atoms with Crippen molar-refractivity contribution < 1.29 is 19.0 Å². The Labute approximate surface area is 100.0 Å². The molecule has 0 saturated carbocycles. The molecule has 1 aromatic heterocycles. The maximum atomic E-state index is 13.8. The number of aliphatic hydroxyl groups excluding tert-OH is 2. The minimum Gasteiger partial charge on any atom is -0.392 e. The van der Waals surface area contributed by atoms with Crippen LogP contribution in [0, 0.1) is 5.82 Å². The number of rotatable bonds is 2. The number of allylic oxidation sites excluding steroid dienone is 1. The molecule has 4 N–H and O–H groups in total. The number of hydrogen-bond donors (Lipinski definition) is 3. The first-order chi connectivity index (χ1) is 8.45. The smallest absolute Gasteiger partial charge is 0.350 e.